The SMILES string of the molecule is Oc1ccc(C2Nc3ccccc3-c3ccnc4[nH]cc2c34)c(Cl)c1. The van der Waals surface area contributed by atoms with Gasteiger partial charge in [0.1, 0.15) is 11.4 Å². The molecule has 5 rings (SSSR count). The van der Waals surface area contributed by atoms with Crippen LogP contribution in [0.4, 0.5) is 5.69 Å². The molecule has 0 aliphatic carbocycles. The normalized spacial score (nSPS) is 15.5. The molecule has 3 heterocycles. The summed E-state index contributed by atoms with van der Waals surface area (Å²) < 4.78 is 0. The standard InChI is InChI=1S/C20H14ClN3O/c21-16-9-11(25)5-6-14(16)19-15-10-23-20-18(15)13(7-8-22-20)12-3-1-2-4-17(12)24-19/h1-10,19,24-25H,(H,22,23). The van der Waals surface area contributed by atoms with Gasteiger partial charge >= 0.3 is 0 Å². The van der Waals surface area contributed by atoms with Gasteiger partial charge in [-0.15, -0.1) is 0 Å². The lowest BCUT2D eigenvalue weighted by molar-refractivity contribution is 0.475. The first-order chi connectivity index (χ1) is 12.2. The van der Waals surface area contributed by atoms with Crippen molar-refractivity contribution in [3.8, 4) is 16.9 Å². The smallest absolute Gasteiger partial charge is 0.138 e. The van der Waals surface area contributed by atoms with Crippen molar-refractivity contribution in [2.75, 3.05) is 5.32 Å². The molecule has 0 fully saturated rings. The Bertz CT molecular complexity index is 1120. The minimum absolute atomic E-state index is 0.145. The number of rotatable bonds is 1. The van der Waals surface area contributed by atoms with Crippen LogP contribution in [0, 0.1) is 0 Å². The number of nitrogens with one attached hydrogen (secondary N) is 2. The third-order valence-corrected chi connectivity index (χ3v) is 5.05. The van der Waals surface area contributed by atoms with Crippen molar-refractivity contribution in [1.82, 2.24) is 9.97 Å². The molecule has 122 valence electrons. The number of fused-ring (bicyclic) bond motifs is 2. The van der Waals surface area contributed by atoms with E-state index in [2.05, 4.69) is 27.4 Å². The molecule has 1 aliphatic rings. The van der Waals surface area contributed by atoms with Crippen molar-refractivity contribution in [2.45, 2.75) is 6.04 Å². The number of nitrogens with zero attached hydrogens (tertiary/aromatic N) is 1. The van der Waals surface area contributed by atoms with Crippen LogP contribution in [0.15, 0.2) is 60.9 Å². The summed E-state index contributed by atoms with van der Waals surface area (Å²) >= 11 is 6.45. The Hall–Kier alpha value is -2.98. The number of benzene rings is 2. The number of anilines is 1. The Balaban J connectivity index is 1.85. The van der Waals surface area contributed by atoms with Gasteiger partial charge in [0.05, 0.1) is 6.04 Å². The van der Waals surface area contributed by atoms with E-state index in [1.165, 1.54) is 0 Å². The predicted molar refractivity (Wildman–Crippen MR) is 100 cm³/mol. The number of para-hydroxylation sites is 1. The topological polar surface area (TPSA) is 60.9 Å². The average Bonchev–Trinajstić information content (AvgIpc) is 2.98. The van der Waals surface area contributed by atoms with Crippen LogP contribution >= 0.6 is 11.6 Å². The van der Waals surface area contributed by atoms with E-state index < -0.39 is 0 Å². The number of aromatic amines is 1. The quantitative estimate of drug-likeness (QED) is 0.448. The van der Waals surface area contributed by atoms with E-state index in [0.29, 0.717) is 5.02 Å². The number of pyridine rings is 1. The first kappa shape index (κ1) is 14.4. The maximum absolute atomic E-state index is 9.70. The maximum Gasteiger partial charge on any atom is 0.138 e. The number of phenolic OH excluding ortho intramolecular Hbond substituents is 1. The molecule has 2 aromatic heterocycles. The lowest BCUT2D eigenvalue weighted by Gasteiger charge is -2.20. The van der Waals surface area contributed by atoms with Crippen LogP contribution < -0.4 is 5.32 Å². The predicted octanol–water partition coefficient (Wildman–Crippen LogP) is 5.10. The van der Waals surface area contributed by atoms with Gasteiger partial charge in [0.2, 0.25) is 0 Å². The fraction of sp³-hybridized carbons (Fsp3) is 0.0500. The fourth-order valence-corrected chi connectivity index (χ4v) is 3.89. The number of aromatic hydroxyl groups is 1. The van der Waals surface area contributed by atoms with Crippen LogP contribution in [0.5, 0.6) is 5.75 Å². The molecule has 0 spiro atoms. The van der Waals surface area contributed by atoms with E-state index in [1.807, 2.05) is 36.7 Å². The van der Waals surface area contributed by atoms with E-state index >= 15 is 0 Å². The molecule has 0 bridgehead atoms. The first-order valence-electron chi connectivity index (χ1n) is 8.03. The third kappa shape index (κ3) is 2.11. The molecule has 1 aliphatic heterocycles. The Morgan fingerprint density at radius 2 is 1.88 bits per heavy atom. The molecule has 0 amide bonds. The van der Waals surface area contributed by atoms with Gasteiger partial charge in [0, 0.05) is 39.6 Å². The van der Waals surface area contributed by atoms with Crippen LogP contribution in [0.3, 0.4) is 0 Å². The molecule has 4 aromatic rings. The molecule has 3 N–H and O–H groups in total. The average molecular weight is 348 g/mol. The van der Waals surface area contributed by atoms with Crippen LogP contribution in [-0.2, 0) is 0 Å². The summed E-state index contributed by atoms with van der Waals surface area (Å²) in [5.41, 5.74) is 6.16. The number of hydrogen-bond acceptors (Lipinski definition) is 3. The Morgan fingerprint density at radius 1 is 1.00 bits per heavy atom. The largest absolute Gasteiger partial charge is 0.508 e. The summed E-state index contributed by atoms with van der Waals surface area (Å²) in [4.78, 5) is 7.73. The molecular weight excluding hydrogens is 334 g/mol. The van der Waals surface area contributed by atoms with E-state index in [9.17, 15) is 5.11 Å². The van der Waals surface area contributed by atoms with E-state index in [-0.39, 0.29) is 11.8 Å². The highest BCUT2D eigenvalue weighted by atomic mass is 35.5. The second-order valence-electron chi connectivity index (χ2n) is 6.15. The Kier molecular flexibility index (Phi) is 3.02. The zero-order valence-electron chi connectivity index (χ0n) is 13.1. The third-order valence-electron chi connectivity index (χ3n) is 4.73. The highest BCUT2D eigenvalue weighted by molar-refractivity contribution is 6.31. The monoisotopic (exact) mass is 347 g/mol. The number of hydrogen-bond donors (Lipinski definition) is 3. The molecular formula is C20H14ClN3O. The molecule has 1 atom stereocenters. The fourth-order valence-electron chi connectivity index (χ4n) is 3.61. The molecule has 5 heteroatoms. The second-order valence-corrected chi connectivity index (χ2v) is 6.56. The van der Waals surface area contributed by atoms with Crippen molar-refractivity contribution in [2.24, 2.45) is 0 Å². The molecule has 1 unspecified atom stereocenters. The molecule has 25 heavy (non-hydrogen) atoms. The summed E-state index contributed by atoms with van der Waals surface area (Å²) in [6, 6.07) is 15.2. The first-order valence-corrected chi connectivity index (χ1v) is 8.40. The van der Waals surface area contributed by atoms with Gasteiger partial charge in [-0.25, -0.2) is 4.98 Å². The summed E-state index contributed by atoms with van der Waals surface area (Å²) in [6.45, 7) is 0. The van der Waals surface area contributed by atoms with Crippen molar-refractivity contribution in [3.05, 3.63) is 77.1 Å². The molecule has 0 saturated carbocycles. The van der Waals surface area contributed by atoms with Crippen LogP contribution in [0.1, 0.15) is 17.2 Å². The van der Waals surface area contributed by atoms with E-state index in [1.54, 1.807) is 12.1 Å². The van der Waals surface area contributed by atoms with Crippen molar-refractivity contribution < 1.29 is 5.11 Å². The summed E-state index contributed by atoms with van der Waals surface area (Å²) in [6.07, 6.45) is 3.80. The number of halogens is 1. The molecule has 2 aromatic carbocycles. The van der Waals surface area contributed by atoms with Gasteiger partial charge in [0.15, 0.2) is 0 Å². The van der Waals surface area contributed by atoms with Crippen LogP contribution in [0.25, 0.3) is 22.2 Å². The van der Waals surface area contributed by atoms with Crippen LogP contribution in [0.2, 0.25) is 5.02 Å². The summed E-state index contributed by atoms with van der Waals surface area (Å²) in [5, 5.41) is 14.9. The van der Waals surface area contributed by atoms with Crippen molar-refractivity contribution in [1.29, 1.82) is 0 Å². The molecule has 4 nitrogen and oxygen atoms in total. The van der Waals surface area contributed by atoms with Crippen LogP contribution in [-0.4, -0.2) is 15.1 Å². The van der Waals surface area contributed by atoms with Gasteiger partial charge in [-0.05, 0) is 35.4 Å². The van der Waals surface area contributed by atoms with Gasteiger partial charge in [-0.3, -0.25) is 0 Å². The van der Waals surface area contributed by atoms with Gasteiger partial charge < -0.3 is 15.4 Å². The highest BCUT2D eigenvalue weighted by Crippen LogP contribution is 2.44. The van der Waals surface area contributed by atoms with Crippen molar-refractivity contribution in [3.63, 3.8) is 0 Å². The lowest BCUT2D eigenvalue weighted by Crippen LogP contribution is -2.11. The second kappa shape index (κ2) is 5.26. The van der Waals surface area contributed by atoms with Gasteiger partial charge in [-0.1, -0.05) is 35.9 Å². The van der Waals surface area contributed by atoms with E-state index in [4.69, 9.17) is 11.6 Å². The Morgan fingerprint density at radius 3 is 2.76 bits per heavy atom. The minimum atomic E-state index is -0.145. The summed E-state index contributed by atoms with van der Waals surface area (Å²) in [7, 11) is 0. The highest BCUT2D eigenvalue weighted by Gasteiger charge is 2.27. The molecule has 0 radical (unpaired) electrons. The lowest BCUT2D eigenvalue weighted by atomic mass is 9.97. The van der Waals surface area contributed by atoms with E-state index in [0.717, 1.165) is 39.0 Å². The molecule has 0 saturated heterocycles. The maximum atomic E-state index is 9.70. The minimum Gasteiger partial charge on any atom is -0.508 e. The summed E-state index contributed by atoms with van der Waals surface area (Å²) in [5.74, 6) is 0.157. The zero-order chi connectivity index (χ0) is 17.0. The van der Waals surface area contributed by atoms with Gasteiger partial charge in [-0.2, -0.15) is 0 Å². The number of phenols is 1. The number of aromatic nitrogens is 2. The number of H-pyrrole nitrogens is 1. The Labute approximate surface area is 149 Å². The zero-order valence-corrected chi connectivity index (χ0v) is 13.9. The van der Waals surface area contributed by atoms with Gasteiger partial charge in [0.25, 0.3) is 0 Å². The van der Waals surface area contributed by atoms with Crippen molar-refractivity contribution >= 4 is 28.3 Å².